The van der Waals surface area contributed by atoms with Gasteiger partial charge in [0.2, 0.25) is 5.91 Å². The van der Waals surface area contributed by atoms with Crippen LogP contribution in [0.1, 0.15) is 16.8 Å². The van der Waals surface area contributed by atoms with Crippen molar-refractivity contribution in [2.24, 2.45) is 0 Å². The van der Waals surface area contributed by atoms with Crippen LogP contribution in [0.3, 0.4) is 0 Å². The van der Waals surface area contributed by atoms with Crippen LogP contribution in [0, 0.1) is 0 Å². The fraction of sp³-hybridized carbons (Fsp3) is 0.500. The van der Waals surface area contributed by atoms with Gasteiger partial charge >= 0.3 is 0 Å². The largest absolute Gasteiger partial charge is 0.383 e. The monoisotopic (exact) mass is 373 g/mol. The molecule has 0 aromatic heterocycles. The molecule has 0 aliphatic carbocycles. The zero-order chi connectivity index (χ0) is 16.5. The lowest BCUT2D eigenvalue weighted by Crippen LogP contribution is -2.36. The number of carbonyl (C=O) groups is 2. The van der Waals surface area contributed by atoms with E-state index in [1.165, 1.54) is 11.8 Å². The first-order chi connectivity index (χ1) is 11.2. The number of carbonyl (C=O) groups excluding carboxylic acids is 2. The average Bonchev–Trinajstić information content (AvgIpc) is 3.06. The minimum Gasteiger partial charge on any atom is -0.383 e. The van der Waals surface area contributed by atoms with Crippen molar-refractivity contribution in [2.75, 3.05) is 39.1 Å². The van der Waals surface area contributed by atoms with Crippen LogP contribution < -0.4 is 16.0 Å². The van der Waals surface area contributed by atoms with Crippen molar-refractivity contribution < 1.29 is 14.3 Å². The number of amides is 2. The number of hydrogen-bond acceptors (Lipinski definition) is 5. The zero-order valence-corrected chi connectivity index (χ0v) is 15.3. The maximum atomic E-state index is 12.4. The Balaban J connectivity index is 0.00000288. The lowest BCUT2D eigenvalue weighted by atomic mass is 10.2. The molecule has 3 N–H and O–H groups in total. The second kappa shape index (κ2) is 11.3. The predicted molar refractivity (Wildman–Crippen MR) is 98.0 cm³/mol. The van der Waals surface area contributed by atoms with E-state index < -0.39 is 0 Å². The molecule has 1 unspecified atom stereocenters. The Hall–Kier alpha value is -1.28. The molecule has 1 heterocycles. The number of hydrogen-bond donors (Lipinski definition) is 3. The summed E-state index contributed by atoms with van der Waals surface area (Å²) in [4.78, 5) is 25.0. The number of thioether (sulfide) groups is 1. The van der Waals surface area contributed by atoms with Gasteiger partial charge in [-0.3, -0.25) is 9.59 Å². The van der Waals surface area contributed by atoms with Crippen LogP contribution >= 0.6 is 24.2 Å². The Bertz CT molecular complexity index is 539. The van der Waals surface area contributed by atoms with Crippen molar-refractivity contribution >= 4 is 36.0 Å². The lowest BCUT2D eigenvalue weighted by Gasteiger charge is -2.13. The van der Waals surface area contributed by atoms with Gasteiger partial charge in [0.05, 0.1) is 17.9 Å². The highest BCUT2D eigenvalue weighted by Gasteiger charge is 2.19. The Labute approximate surface area is 152 Å². The van der Waals surface area contributed by atoms with E-state index in [9.17, 15) is 9.59 Å². The van der Waals surface area contributed by atoms with Gasteiger partial charge in [0.25, 0.3) is 5.91 Å². The fourth-order valence-electron chi connectivity index (χ4n) is 2.31. The average molecular weight is 374 g/mol. The predicted octanol–water partition coefficient (Wildman–Crippen LogP) is 1.05. The normalized spacial score (nSPS) is 16.3. The Kier molecular flexibility index (Phi) is 9.78. The molecule has 1 fully saturated rings. The molecule has 1 atom stereocenters. The van der Waals surface area contributed by atoms with Gasteiger partial charge in [-0.25, -0.2) is 0 Å². The highest BCUT2D eigenvalue weighted by molar-refractivity contribution is 8.00. The standard InChI is InChI=1S/C16H23N3O3S.ClH/c1-22-9-8-18-15(20)11-23-14-5-3-2-4-13(14)16(21)19-12-6-7-17-10-12;/h2-5,12,17H,6-11H2,1H3,(H,18,20)(H,19,21);1H. The molecule has 0 radical (unpaired) electrons. The number of rotatable bonds is 8. The Morgan fingerprint density at radius 2 is 2.17 bits per heavy atom. The zero-order valence-electron chi connectivity index (χ0n) is 13.7. The second-order valence-electron chi connectivity index (χ2n) is 5.29. The first kappa shape index (κ1) is 20.8. The van der Waals surface area contributed by atoms with Crippen molar-refractivity contribution in [2.45, 2.75) is 17.4 Å². The van der Waals surface area contributed by atoms with Gasteiger partial charge in [0, 0.05) is 31.1 Å². The molecule has 1 saturated heterocycles. The van der Waals surface area contributed by atoms with E-state index in [0.29, 0.717) is 18.7 Å². The van der Waals surface area contributed by atoms with Crippen LogP contribution in [-0.2, 0) is 9.53 Å². The van der Waals surface area contributed by atoms with Gasteiger partial charge in [-0.1, -0.05) is 12.1 Å². The molecule has 0 bridgehead atoms. The van der Waals surface area contributed by atoms with E-state index in [1.54, 1.807) is 13.2 Å². The number of nitrogens with one attached hydrogen (secondary N) is 3. The minimum atomic E-state index is -0.0819. The number of benzene rings is 1. The Morgan fingerprint density at radius 1 is 1.38 bits per heavy atom. The van der Waals surface area contributed by atoms with E-state index in [0.717, 1.165) is 24.4 Å². The molecule has 1 aromatic carbocycles. The number of ether oxygens (including phenoxy) is 1. The topological polar surface area (TPSA) is 79.5 Å². The third-order valence-electron chi connectivity index (χ3n) is 3.51. The molecule has 1 aliphatic rings. The van der Waals surface area contributed by atoms with Crippen molar-refractivity contribution in [1.29, 1.82) is 0 Å². The molecular formula is C16H24ClN3O3S. The molecule has 24 heavy (non-hydrogen) atoms. The molecule has 1 aliphatic heterocycles. The summed E-state index contributed by atoms with van der Waals surface area (Å²) >= 11 is 1.37. The van der Waals surface area contributed by atoms with E-state index in [-0.39, 0.29) is 36.0 Å². The van der Waals surface area contributed by atoms with Gasteiger partial charge in [-0.15, -0.1) is 24.2 Å². The van der Waals surface area contributed by atoms with Gasteiger partial charge < -0.3 is 20.7 Å². The number of halogens is 1. The van der Waals surface area contributed by atoms with Gasteiger partial charge in [-0.2, -0.15) is 0 Å². The molecule has 8 heteroatoms. The first-order valence-electron chi connectivity index (χ1n) is 7.69. The quantitative estimate of drug-likeness (QED) is 0.469. The van der Waals surface area contributed by atoms with Gasteiger partial charge in [0.1, 0.15) is 0 Å². The highest BCUT2D eigenvalue weighted by atomic mass is 35.5. The summed E-state index contributed by atoms with van der Waals surface area (Å²) < 4.78 is 4.89. The third-order valence-corrected chi connectivity index (χ3v) is 4.59. The van der Waals surface area contributed by atoms with Crippen molar-refractivity contribution in [3.8, 4) is 0 Å². The molecule has 2 rings (SSSR count). The molecule has 0 spiro atoms. The van der Waals surface area contributed by atoms with Crippen molar-refractivity contribution in [3.05, 3.63) is 29.8 Å². The maximum Gasteiger partial charge on any atom is 0.252 e. The smallest absolute Gasteiger partial charge is 0.252 e. The van der Waals surface area contributed by atoms with E-state index in [2.05, 4.69) is 16.0 Å². The van der Waals surface area contributed by atoms with Crippen LogP contribution in [0.2, 0.25) is 0 Å². The van der Waals surface area contributed by atoms with Crippen LogP contribution in [-0.4, -0.2) is 57.0 Å². The van der Waals surface area contributed by atoms with E-state index in [1.807, 2.05) is 18.2 Å². The summed E-state index contributed by atoms with van der Waals surface area (Å²) in [5.74, 6) is 0.128. The van der Waals surface area contributed by atoms with Gasteiger partial charge in [0.15, 0.2) is 0 Å². The molecule has 2 amide bonds. The lowest BCUT2D eigenvalue weighted by molar-refractivity contribution is -0.118. The van der Waals surface area contributed by atoms with Crippen LogP contribution in [0.15, 0.2) is 29.2 Å². The molecule has 134 valence electrons. The van der Waals surface area contributed by atoms with E-state index >= 15 is 0 Å². The summed E-state index contributed by atoms with van der Waals surface area (Å²) in [7, 11) is 1.59. The molecule has 6 nitrogen and oxygen atoms in total. The SMILES string of the molecule is COCCNC(=O)CSc1ccccc1C(=O)NC1CCNC1.Cl. The van der Waals surface area contributed by atoms with Crippen LogP contribution in [0.4, 0.5) is 0 Å². The number of methoxy groups -OCH3 is 1. The summed E-state index contributed by atoms with van der Waals surface area (Å²) in [6.07, 6.45) is 0.947. The second-order valence-corrected chi connectivity index (χ2v) is 6.31. The summed E-state index contributed by atoms with van der Waals surface area (Å²) in [6, 6.07) is 7.55. The molecule has 1 aromatic rings. The Morgan fingerprint density at radius 3 is 2.88 bits per heavy atom. The molecule has 0 saturated carbocycles. The summed E-state index contributed by atoms with van der Waals surface area (Å²) in [5.41, 5.74) is 0.620. The van der Waals surface area contributed by atoms with Crippen molar-refractivity contribution in [1.82, 2.24) is 16.0 Å². The summed E-state index contributed by atoms with van der Waals surface area (Å²) in [5, 5.41) is 9.03. The third kappa shape index (κ3) is 6.68. The van der Waals surface area contributed by atoms with E-state index in [4.69, 9.17) is 4.74 Å². The van der Waals surface area contributed by atoms with Crippen molar-refractivity contribution in [3.63, 3.8) is 0 Å². The van der Waals surface area contributed by atoms with Crippen LogP contribution in [0.25, 0.3) is 0 Å². The minimum absolute atomic E-state index is 0. The fourth-order valence-corrected chi connectivity index (χ4v) is 3.19. The first-order valence-corrected chi connectivity index (χ1v) is 8.68. The van der Waals surface area contributed by atoms with Crippen LogP contribution in [0.5, 0.6) is 0 Å². The maximum absolute atomic E-state index is 12.4. The summed E-state index contributed by atoms with van der Waals surface area (Å²) in [6.45, 7) is 2.73. The highest BCUT2D eigenvalue weighted by Crippen LogP contribution is 2.22. The van der Waals surface area contributed by atoms with Gasteiger partial charge in [-0.05, 0) is 25.1 Å². The molecular weight excluding hydrogens is 350 g/mol.